The summed E-state index contributed by atoms with van der Waals surface area (Å²) >= 11 is 5.90. The molecule has 1 aliphatic heterocycles. The highest BCUT2D eigenvalue weighted by atomic mass is 35.5. The van der Waals surface area contributed by atoms with Gasteiger partial charge in [-0.1, -0.05) is 29.8 Å². The molecule has 3 amide bonds. The Morgan fingerprint density at radius 3 is 2.91 bits per heavy atom. The Labute approximate surface area is 137 Å². The number of nitrogens with one attached hydrogen (secondary N) is 3. The van der Waals surface area contributed by atoms with Crippen LogP contribution in [-0.4, -0.2) is 18.5 Å². The molecule has 0 saturated carbocycles. The molecule has 23 heavy (non-hydrogen) atoms. The maximum absolute atomic E-state index is 12.0. The van der Waals surface area contributed by atoms with E-state index in [1.54, 1.807) is 30.3 Å². The van der Waals surface area contributed by atoms with E-state index < -0.39 is 0 Å². The second-order valence-electron chi connectivity index (χ2n) is 4.96. The fourth-order valence-corrected chi connectivity index (χ4v) is 2.42. The van der Waals surface area contributed by atoms with E-state index in [0.717, 1.165) is 5.56 Å². The van der Waals surface area contributed by atoms with Crippen LogP contribution in [0.5, 0.6) is 5.75 Å². The maximum Gasteiger partial charge on any atom is 0.319 e. The van der Waals surface area contributed by atoms with E-state index in [1.807, 2.05) is 12.1 Å². The van der Waals surface area contributed by atoms with Crippen molar-refractivity contribution in [2.45, 2.75) is 6.54 Å². The van der Waals surface area contributed by atoms with Crippen molar-refractivity contribution in [3.8, 4) is 5.75 Å². The zero-order valence-corrected chi connectivity index (χ0v) is 12.8. The molecule has 3 N–H and O–H groups in total. The smallest absolute Gasteiger partial charge is 0.319 e. The Kier molecular flexibility index (Phi) is 4.34. The molecule has 0 fully saturated rings. The third kappa shape index (κ3) is 3.73. The molecule has 0 unspecified atom stereocenters. The van der Waals surface area contributed by atoms with Crippen LogP contribution in [0.3, 0.4) is 0 Å². The number of anilines is 2. The molecule has 1 aliphatic rings. The van der Waals surface area contributed by atoms with Gasteiger partial charge in [-0.15, -0.1) is 0 Å². The first-order chi connectivity index (χ1) is 11.1. The summed E-state index contributed by atoms with van der Waals surface area (Å²) < 4.78 is 5.37. The number of hydrogen-bond acceptors (Lipinski definition) is 3. The lowest BCUT2D eigenvalue weighted by Crippen LogP contribution is -2.30. The average Bonchev–Trinajstić information content (AvgIpc) is 2.53. The molecule has 3 rings (SSSR count). The number of carbonyl (C=O) groups is 2. The van der Waals surface area contributed by atoms with Crippen LogP contribution < -0.4 is 20.7 Å². The van der Waals surface area contributed by atoms with Crippen molar-refractivity contribution in [1.82, 2.24) is 5.32 Å². The van der Waals surface area contributed by atoms with Gasteiger partial charge in [0.2, 0.25) is 0 Å². The van der Waals surface area contributed by atoms with Gasteiger partial charge >= 0.3 is 6.03 Å². The van der Waals surface area contributed by atoms with Crippen LogP contribution in [0.1, 0.15) is 5.56 Å². The van der Waals surface area contributed by atoms with E-state index in [9.17, 15) is 9.59 Å². The highest BCUT2D eigenvalue weighted by molar-refractivity contribution is 6.30. The van der Waals surface area contributed by atoms with Crippen molar-refractivity contribution < 1.29 is 14.3 Å². The Morgan fingerprint density at radius 1 is 1.26 bits per heavy atom. The molecule has 118 valence electrons. The highest BCUT2D eigenvalue weighted by Gasteiger charge is 2.19. The summed E-state index contributed by atoms with van der Waals surface area (Å²) in [6.07, 6.45) is 0. The van der Waals surface area contributed by atoms with Crippen LogP contribution in [-0.2, 0) is 11.3 Å². The monoisotopic (exact) mass is 331 g/mol. The predicted molar refractivity (Wildman–Crippen MR) is 87.9 cm³/mol. The van der Waals surface area contributed by atoms with E-state index in [0.29, 0.717) is 28.7 Å². The summed E-state index contributed by atoms with van der Waals surface area (Å²) in [6.45, 7) is 0.273. The van der Waals surface area contributed by atoms with Crippen LogP contribution >= 0.6 is 11.6 Å². The molecule has 0 radical (unpaired) electrons. The molecule has 2 aromatic rings. The van der Waals surface area contributed by atoms with Gasteiger partial charge in [-0.25, -0.2) is 4.79 Å². The SMILES string of the molecule is O=C1COc2c(cccc2NC(=O)NCc2cccc(Cl)c2)N1. The Hall–Kier alpha value is -2.73. The zero-order chi connectivity index (χ0) is 16.2. The van der Waals surface area contributed by atoms with Gasteiger partial charge in [-0.2, -0.15) is 0 Å². The number of amides is 3. The summed E-state index contributed by atoms with van der Waals surface area (Å²) in [5.74, 6) is 0.227. The lowest BCUT2D eigenvalue weighted by Gasteiger charge is -2.20. The minimum Gasteiger partial charge on any atom is -0.479 e. The van der Waals surface area contributed by atoms with E-state index in [4.69, 9.17) is 16.3 Å². The van der Waals surface area contributed by atoms with Crippen LogP contribution in [0.25, 0.3) is 0 Å². The number of carbonyl (C=O) groups excluding carboxylic acids is 2. The topological polar surface area (TPSA) is 79.5 Å². The van der Waals surface area contributed by atoms with Crippen LogP contribution in [0.2, 0.25) is 5.02 Å². The third-order valence-electron chi connectivity index (χ3n) is 3.23. The Morgan fingerprint density at radius 2 is 2.09 bits per heavy atom. The lowest BCUT2D eigenvalue weighted by molar-refractivity contribution is -0.118. The summed E-state index contributed by atoms with van der Waals surface area (Å²) in [6, 6.07) is 12.0. The number of para-hydroxylation sites is 1. The van der Waals surface area contributed by atoms with Crippen molar-refractivity contribution in [3.05, 3.63) is 53.1 Å². The van der Waals surface area contributed by atoms with Crippen LogP contribution in [0.15, 0.2) is 42.5 Å². The molecule has 2 aromatic carbocycles. The normalized spacial score (nSPS) is 12.7. The summed E-state index contributed by atoms with van der Waals surface area (Å²) in [5, 5.41) is 8.75. The Balaban J connectivity index is 1.64. The van der Waals surface area contributed by atoms with Crippen molar-refractivity contribution in [2.75, 3.05) is 17.2 Å². The van der Waals surface area contributed by atoms with Gasteiger partial charge in [0, 0.05) is 11.6 Å². The summed E-state index contributed by atoms with van der Waals surface area (Å²) in [5.41, 5.74) is 1.92. The van der Waals surface area contributed by atoms with E-state index >= 15 is 0 Å². The minimum absolute atomic E-state index is 0.0736. The first-order valence-electron chi connectivity index (χ1n) is 6.97. The van der Waals surface area contributed by atoms with Gasteiger partial charge in [0.15, 0.2) is 12.4 Å². The second kappa shape index (κ2) is 6.58. The van der Waals surface area contributed by atoms with Crippen molar-refractivity contribution in [3.63, 3.8) is 0 Å². The Bertz CT molecular complexity index is 764. The van der Waals surface area contributed by atoms with Crippen LogP contribution in [0.4, 0.5) is 16.2 Å². The standard InChI is InChI=1S/C16H14ClN3O3/c17-11-4-1-3-10(7-11)8-18-16(22)20-13-6-2-5-12-15(13)23-9-14(21)19-12/h1-7H,8-9H2,(H,19,21)(H2,18,20,22). The average molecular weight is 332 g/mol. The molecule has 0 bridgehead atoms. The van der Waals surface area contributed by atoms with Crippen molar-refractivity contribution in [1.29, 1.82) is 0 Å². The van der Waals surface area contributed by atoms with E-state index in [-0.39, 0.29) is 18.5 Å². The van der Waals surface area contributed by atoms with Gasteiger partial charge < -0.3 is 20.7 Å². The fraction of sp³-hybridized carbons (Fsp3) is 0.125. The molecule has 0 saturated heterocycles. The quantitative estimate of drug-likeness (QED) is 0.809. The number of hydrogen-bond donors (Lipinski definition) is 3. The first kappa shape index (κ1) is 15.2. The zero-order valence-electron chi connectivity index (χ0n) is 12.1. The first-order valence-corrected chi connectivity index (χ1v) is 7.34. The largest absolute Gasteiger partial charge is 0.479 e. The molecular formula is C16H14ClN3O3. The van der Waals surface area contributed by atoms with E-state index in [2.05, 4.69) is 16.0 Å². The molecule has 0 spiro atoms. The van der Waals surface area contributed by atoms with Crippen molar-refractivity contribution >= 4 is 34.9 Å². The van der Waals surface area contributed by atoms with Crippen LogP contribution in [0, 0.1) is 0 Å². The van der Waals surface area contributed by atoms with Gasteiger partial charge in [0.1, 0.15) is 0 Å². The van der Waals surface area contributed by atoms with Gasteiger partial charge in [-0.3, -0.25) is 4.79 Å². The highest BCUT2D eigenvalue weighted by Crippen LogP contribution is 2.35. The summed E-state index contributed by atoms with van der Waals surface area (Å²) in [7, 11) is 0. The van der Waals surface area contributed by atoms with Gasteiger partial charge in [-0.05, 0) is 29.8 Å². The number of benzene rings is 2. The molecule has 1 heterocycles. The van der Waals surface area contributed by atoms with Crippen molar-refractivity contribution in [2.24, 2.45) is 0 Å². The molecular weight excluding hydrogens is 318 g/mol. The summed E-state index contributed by atoms with van der Waals surface area (Å²) in [4.78, 5) is 23.3. The molecule has 6 nitrogen and oxygen atoms in total. The molecule has 0 atom stereocenters. The van der Waals surface area contributed by atoms with Gasteiger partial charge in [0.25, 0.3) is 5.91 Å². The fourth-order valence-electron chi connectivity index (χ4n) is 2.21. The number of fused-ring (bicyclic) bond motifs is 1. The number of urea groups is 1. The second-order valence-corrected chi connectivity index (χ2v) is 5.39. The third-order valence-corrected chi connectivity index (χ3v) is 3.46. The number of rotatable bonds is 3. The lowest BCUT2D eigenvalue weighted by atomic mass is 10.2. The molecule has 0 aromatic heterocycles. The minimum atomic E-state index is -0.376. The van der Waals surface area contributed by atoms with Gasteiger partial charge in [0.05, 0.1) is 11.4 Å². The maximum atomic E-state index is 12.0. The number of ether oxygens (including phenoxy) is 1. The molecule has 0 aliphatic carbocycles. The predicted octanol–water partition coefficient (Wildman–Crippen LogP) is 2.99. The van der Waals surface area contributed by atoms with E-state index in [1.165, 1.54) is 0 Å². The molecule has 7 heteroatoms. The number of halogens is 1.